The Labute approximate surface area is 104 Å². The van der Waals surface area contributed by atoms with Crippen molar-refractivity contribution in [1.82, 2.24) is 0 Å². The van der Waals surface area contributed by atoms with Gasteiger partial charge in [0.2, 0.25) is 0 Å². The first-order valence-corrected chi connectivity index (χ1v) is 6.72. The summed E-state index contributed by atoms with van der Waals surface area (Å²) in [7, 11) is 2.20. The van der Waals surface area contributed by atoms with Gasteiger partial charge in [0.1, 0.15) is 0 Å². The van der Waals surface area contributed by atoms with E-state index in [1.165, 1.54) is 12.8 Å². The SMILES string of the molecule is B1=NCC[CH]1[Zr+2][C]1=CC=CC1.[Cl-].[Cl-]. The summed E-state index contributed by atoms with van der Waals surface area (Å²) in [5, 5.41) is 0. The smallest absolute Gasteiger partial charge is 1.00 e. The molecule has 0 saturated heterocycles. The van der Waals surface area contributed by atoms with Crippen LogP contribution < -0.4 is 24.8 Å². The van der Waals surface area contributed by atoms with Gasteiger partial charge in [0.05, 0.1) is 0 Å². The number of hydrogen-bond donors (Lipinski definition) is 0. The number of hydrogen-bond acceptors (Lipinski definition) is 1. The maximum Gasteiger partial charge on any atom is -1.00 e. The van der Waals surface area contributed by atoms with Gasteiger partial charge in [-0.05, 0) is 0 Å². The van der Waals surface area contributed by atoms with Crippen LogP contribution in [0.5, 0.6) is 0 Å². The Morgan fingerprint density at radius 2 is 2.31 bits per heavy atom. The van der Waals surface area contributed by atoms with Crippen LogP contribution in [0.3, 0.4) is 0 Å². The molecule has 0 spiro atoms. The first kappa shape index (κ1) is 13.8. The predicted molar refractivity (Wildman–Crippen MR) is 43.3 cm³/mol. The van der Waals surface area contributed by atoms with E-state index >= 15 is 0 Å². The first-order valence-electron chi connectivity index (χ1n) is 4.07. The largest absolute Gasteiger partial charge is 1.00 e. The van der Waals surface area contributed by atoms with Crippen molar-refractivity contribution < 1.29 is 48.0 Å². The Balaban J connectivity index is 0.000000720. The molecule has 0 aromatic rings. The zero-order valence-corrected chi connectivity index (χ0v) is 11.2. The van der Waals surface area contributed by atoms with Gasteiger partial charge in [-0.25, -0.2) is 0 Å². The van der Waals surface area contributed by atoms with Gasteiger partial charge in [0, 0.05) is 0 Å². The summed E-state index contributed by atoms with van der Waals surface area (Å²) >= 11 is -0.260. The van der Waals surface area contributed by atoms with Crippen LogP contribution in [0.4, 0.5) is 0 Å². The maximum atomic E-state index is 4.28. The number of allylic oxidation sites excluding steroid dienone is 4. The Bertz CT molecular complexity index is 240. The van der Waals surface area contributed by atoms with E-state index in [1.54, 1.807) is 3.28 Å². The van der Waals surface area contributed by atoms with E-state index < -0.39 is 0 Å². The summed E-state index contributed by atoms with van der Waals surface area (Å²) in [6.07, 6.45) is 9.36. The number of rotatable bonds is 2. The molecule has 0 N–H and O–H groups in total. The fourth-order valence-electron chi connectivity index (χ4n) is 1.39. The molecule has 2 aliphatic rings. The van der Waals surface area contributed by atoms with Gasteiger partial charge in [0.15, 0.2) is 0 Å². The Morgan fingerprint density at radius 3 is 2.85 bits per heavy atom. The van der Waals surface area contributed by atoms with E-state index in [0.29, 0.717) is 0 Å². The van der Waals surface area contributed by atoms with Gasteiger partial charge >= 0.3 is 79.6 Å². The van der Waals surface area contributed by atoms with Crippen molar-refractivity contribution in [1.29, 1.82) is 0 Å². The van der Waals surface area contributed by atoms with Gasteiger partial charge in [-0.3, -0.25) is 0 Å². The molecule has 5 heteroatoms. The van der Waals surface area contributed by atoms with Crippen molar-refractivity contribution in [3.05, 3.63) is 21.5 Å². The van der Waals surface area contributed by atoms with Gasteiger partial charge in [-0.15, -0.1) is 0 Å². The normalized spacial score (nSPS) is 22.5. The monoisotopic (exact) mass is 291 g/mol. The molecule has 0 aromatic heterocycles. The van der Waals surface area contributed by atoms with E-state index in [1.807, 2.05) is 0 Å². The van der Waals surface area contributed by atoms with Crippen molar-refractivity contribution in [2.75, 3.05) is 6.54 Å². The van der Waals surface area contributed by atoms with Gasteiger partial charge < -0.3 is 24.8 Å². The molecule has 0 amide bonds. The Morgan fingerprint density at radius 1 is 1.46 bits per heavy atom. The molecular weight excluding hydrogens is 283 g/mol. The zero-order valence-electron chi connectivity index (χ0n) is 7.21. The zero-order chi connectivity index (χ0) is 7.52. The van der Waals surface area contributed by atoms with E-state index in [9.17, 15) is 0 Å². The minimum atomic E-state index is -0.260. The van der Waals surface area contributed by atoms with Crippen LogP contribution in [0.1, 0.15) is 12.8 Å². The second-order valence-corrected chi connectivity index (χ2v) is 7.03. The van der Waals surface area contributed by atoms with Crippen LogP contribution >= 0.6 is 0 Å². The van der Waals surface area contributed by atoms with Crippen molar-refractivity contribution in [3.8, 4) is 0 Å². The summed E-state index contributed by atoms with van der Waals surface area (Å²) in [5.41, 5.74) is 0. The third-order valence-electron chi connectivity index (χ3n) is 2.00. The van der Waals surface area contributed by atoms with Crippen LogP contribution in [0, 0.1) is 0 Å². The standard InChI is InChI=1S/C5H5.C3H5BN.2ClH.Zr/c2*1-2-4-5-3-1;;;/h1-3H,4H2;2H,1,3H2;2*1H;/q;;;;+2/p-2. The summed E-state index contributed by atoms with van der Waals surface area (Å²) in [6.45, 7) is 1.09. The average Bonchev–Trinajstić information content (AvgIpc) is 2.60. The topological polar surface area (TPSA) is 12.4 Å². The van der Waals surface area contributed by atoms with E-state index in [4.69, 9.17) is 0 Å². The van der Waals surface area contributed by atoms with Crippen LogP contribution in [0.2, 0.25) is 3.53 Å². The Hall–Kier alpha value is 0.808. The quantitative estimate of drug-likeness (QED) is 0.460. The minimum Gasteiger partial charge on any atom is -1.00 e. The summed E-state index contributed by atoms with van der Waals surface area (Å²) in [6, 6.07) is 0. The number of nitrogens with zero attached hydrogens (tertiary/aromatic N) is 1. The van der Waals surface area contributed by atoms with E-state index in [-0.39, 0.29) is 48.0 Å². The third kappa shape index (κ3) is 4.23. The average molecular weight is 293 g/mol. The van der Waals surface area contributed by atoms with E-state index in [2.05, 4.69) is 30.2 Å². The van der Waals surface area contributed by atoms with Crippen molar-refractivity contribution in [2.45, 2.75) is 16.4 Å². The van der Waals surface area contributed by atoms with E-state index in [0.717, 1.165) is 10.1 Å². The molecule has 1 unspecified atom stereocenters. The number of halogens is 2. The fourth-order valence-corrected chi connectivity index (χ4v) is 4.73. The molecule has 1 aliphatic heterocycles. The van der Waals surface area contributed by atoms with Crippen LogP contribution in [0.15, 0.2) is 26.4 Å². The molecule has 0 radical (unpaired) electrons. The molecule has 1 aliphatic carbocycles. The first-order chi connectivity index (χ1) is 5.45. The minimum absolute atomic E-state index is 0. The predicted octanol–water partition coefficient (Wildman–Crippen LogP) is -4.04. The van der Waals surface area contributed by atoms with Crippen LogP contribution in [-0.4, -0.2) is 13.6 Å². The molecule has 1 nitrogen and oxygen atoms in total. The summed E-state index contributed by atoms with van der Waals surface area (Å²) < 4.78 is 2.65. The third-order valence-corrected chi connectivity index (χ3v) is 5.81. The molecule has 0 aromatic carbocycles. The second kappa shape index (κ2) is 7.15. The van der Waals surface area contributed by atoms with Crippen molar-refractivity contribution >= 4 is 7.07 Å². The van der Waals surface area contributed by atoms with Gasteiger partial charge in [-0.1, -0.05) is 0 Å². The van der Waals surface area contributed by atoms with Crippen LogP contribution in [0.25, 0.3) is 0 Å². The van der Waals surface area contributed by atoms with Gasteiger partial charge in [0.25, 0.3) is 0 Å². The van der Waals surface area contributed by atoms with Gasteiger partial charge in [-0.2, -0.15) is 0 Å². The second-order valence-electron chi connectivity index (χ2n) is 2.92. The molecule has 0 fully saturated rings. The summed E-state index contributed by atoms with van der Waals surface area (Å²) in [5.74, 6) is 0. The molecule has 0 saturated carbocycles. The Kier molecular flexibility index (Phi) is 7.59. The molecule has 1 heterocycles. The molecule has 13 heavy (non-hydrogen) atoms. The van der Waals surface area contributed by atoms with Crippen LogP contribution in [-0.2, 0) is 23.2 Å². The fraction of sp³-hybridized carbons (Fsp3) is 0.500. The molecule has 1 atom stereocenters. The maximum absolute atomic E-state index is 4.28. The molecular formula is C8H10BCl2NZr. The van der Waals surface area contributed by atoms with Crippen molar-refractivity contribution in [3.63, 3.8) is 0 Å². The molecule has 68 valence electrons. The molecule has 2 rings (SSSR count). The summed E-state index contributed by atoms with van der Waals surface area (Å²) in [4.78, 5) is 4.28. The molecule has 0 bridgehead atoms. The van der Waals surface area contributed by atoms with Crippen molar-refractivity contribution in [2.24, 2.45) is 4.90 Å².